The number of aromatic hydroxyl groups is 1. The summed E-state index contributed by atoms with van der Waals surface area (Å²) in [6.45, 7) is 0.356. The first-order valence-electron chi connectivity index (χ1n) is 6.08. The Morgan fingerprint density at radius 1 is 1.10 bits per heavy atom. The molecule has 2 rings (SSSR count). The molecule has 0 atom stereocenters. The minimum Gasteiger partial charge on any atom is -0.504 e. The van der Waals surface area contributed by atoms with E-state index in [0.29, 0.717) is 23.5 Å². The van der Waals surface area contributed by atoms with Gasteiger partial charge in [0.25, 0.3) is 0 Å². The molecular weight excluding hydrogens is 261 g/mol. The minimum absolute atomic E-state index is 0.0801. The molecule has 0 saturated heterocycles. The molecule has 0 unspecified atom stereocenters. The first kappa shape index (κ1) is 14.0. The van der Waals surface area contributed by atoms with Crippen molar-refractivity contribution < 1.29 is 19.0 Å². The highest BCUT2D eigenvalue weighted by atomic mass is 19.1. The second-order valence-electron chi connectivity index (χ2n) is 4.17. The summed E-state index contributed by atoms with van der Waals surface area (Å²) in [5.74, 6) is 0.244. The molecule has 106 valence electrons. The van der Waals surface area contributed by atoms with Crippen LogP contribution >= 0.6 is 0 Å². The number of anilines is 1. The number of halogens is 1. The first-order chi connectivity index (χ1) is 9.65. The summed E-state index contributed by atoms with van der Waals surface area (Å²) in [6.07, 6.45) is 0. The van der Waals surface area contributed by atoms with E-state index in [1.54, 1.807) is 30.3 Å². The van der Waals surface area contributed by atoms with Crippen LogP contribution in [0.2, 0.25) is 0 Å². The fourth-order valence-corrected chi connectivity index (χ4v) is 1.85. The predicted octanol–water partition coefficient (Wildman–Crippen LogP) is 3.16. The number of hydrogen-bond acceptors (Lipinski definition) is 4. The molecule has 2 aromatic carbocycles. The smallest absolute Gasteiger partial charge is 0.167 e. The lowest BCUT2D eigenvalue weighted by molar-refractivity contribution is 0.371. The molecule has 5 heteroatoms. The molecule has 0 aliphatic heterocycles. The topological polar surface area (TPSA) is 50.7 Å². The third-order valence-electron chi connectivity index (χ3n) is 2.94. The van der Waals surface area contributed by atoms with Gasteiger partial charge in [-0.15, -0.1) is 0 Å². The van der Waals surface area contributed by atoms with Crippen molar-refractivity contribution in [3.8, 4) is 17.2 Å². The number of para-hydroxylation sites is 1. The van der Waals surface area contributed by atoms with Gasteiger partial charge < -0.3 is 19.9 Å². The van der Waals surface area contributed by atoms with Gasteiger partial charge >= 0.3 is 0 Å². The average molecular weight is 277 g/mol. The fourth-order valence-electron chi connectivity index (χ4n) is 1.85. The van der Waals surface area contributed by atoms with Gasteiger partial charge in [0, 0.05) is 23.9 Å². The molecule has 0 bridgehead atoms. The largest absolute Gasteiger partial charge is 0.504 e. The zero-order valence-corrected chi connectivity index (χ0v) is 11.3. The number of hydrogen-bond donors (Lipinski definition) is 2. The Hall–Kier alpha value is -2.43. The van der Waals surface area contributed by atoms with Crippen LogP contribution in [0.1, 0.15) is 5.56 Å². The zero-order chi connectivity index (χ0) is 14.5. The molecule has 2 aromatic rings. The molecule has 2 N–H and O–H groups in total. The molecule has 0 amide bonds. The summed E-state index contributed by atoms with van der Waals surface area (Å²) >= 11 is 0. The number of ether oxygens (including phenoxy) is 2. The van der Waals surface area contributed by atoms with Crippen LogP contribution in [-0.2, 0) is 6.54 Å². The van der Waals surface area contributed by atoms with Crippen molar-refractivity contribution in [1.82, 2.24) is 0 Å². The van der Waals surface area contributed by atoms with Crippen molar-refractivity contribution in [2.75, 3.05) is 19.5 Å². The fraction of sp³-hybridized carbons (Fsp3) is 0.200. The van der Waals surface area contributed by atoms with E-state index in [1.807, 2.05) is 0 Å². The molecule has 0 aromatic heterocycles. The number of benzene rings is 2. The van der Waals surface area contributed by atoms with Crippen LogP contribution in [0.15, 0.2) is 36.4 Å². The van der Waals surface area contributed by atoms with Crippen LogP contribution in [0, 0.1) is 5.82 Å². The highest BCUT2D eigenvalue weighted by Crippen LogP contribution is 2.30. The molecule has 0 spiro atoms. The zero-order valence-electron chi connectivity index (χ0n) is 11.3. The Balaban J connectivity index is 2.11. The normalized spacial score (nSPS) is 10.2. The Morgan fingerprint density at radius 3 is 2.50 bits per heavy atom. The van der Waals surface area contributed by atoms with Gasteiger partial charge in [-0.25, -0.2) is 4.39 Å². The van der Waals surface area contributed by atoms with Gasteiger partial charge in [-0.2, -0.15) is 0 Å². The van der Waals surface area contributed by atoms with Crippen molar-refractivity contribution in [3.05, 3.63) is 47.8 Å². The lowest BCUT2D eigenvalue weighted by atomic mass is 10.2. The van der Waals surface area contributed by atoms with E-state index in [-0.39, 0.29) is 11.5 Å². The second-order valence-corrected chi connectivity index (χ2v) is 4.17. The molecule has 0 radical (unpaired) electrons. The summed E-state index contributed by atoms with van der Waals surface area (Å²) in [5.41, 5.74) is 1.27. The molecule has 4 nitrogen and oxygen atoms in total. The van der Waals surface area contributed by atoms with Gasteiger partial charge in [-0.05, 0) is 18.2 Å². The van der Waals surface area contributed by atoms with E-state index >= 15 is 0 Å². The lowest BCUT2D eigenvalue weighted by Crippen LogP contribution is -2.01. The van der Waals surface area contributed by atoms with E-state index in [1.165, 1.54) is 20.3 Å². The number of methoxy groups -OCH3 is 2. The standard InChI is InChI=1S/C15H16FNO3/c1-19-13-7-6-11(8-12(13)16)17-9-10-4-3-5-14(20-2)15(10)18/h3-8,17-18H,9H2,1-2H3. The third kappa shape index (κ3) is 2.93. The quantitative estimate of drug-likeness (QED) is 0.881. The average Bonchev–Trinajstić information content (AvgIpc) is 2.46. The summed E-state index contributed by atoms with van der Waals surface area (Å²) in [5, 5.41) is 13.0. The molecule has 0 heterocycles. The van der Waals surface area contributed by atoms with Crippen LogP contribution in [0.5, 0.6) is 17.2 Å². The van der Waals surface area contributed by atoms with Crippen molar-refractivity contribution in [1.29, 1.82) is 0 Å². The molecule has 0 aliphatic rings. The van der Waals surface area contributed by atoms with Crippen LogP contribution < -0.4 is 14.8 Å². The molecule has 0 aliphatic carbocycles. The summed E-state index contributed by atoms with van der Waals surface area (Å²) in [6, 6.07) is 9.82. The Morgan fingerprint density at radius 2 is 1.85 bits per heavy atom. The van der Waals surface area contributed by atoms with Gasteiger partial charge in [0.05, 0.1) is 14.2 Å². The molecule has 0 saturated carbocycles. The summed E-state index contributed by atoms with van der Waals surface area (Å²) < 4.78 is 23.4. The maximum atomic E-state index is 13.5. The van der Waals surface area contributed by atoms with E-state index in [0.717, 1.165) is 0 Å². The number of phenolic OH excluding ortho intramolecular Hbond substituents is 1. The lowest BCUT2D eigenvalue weighted by Gasteiger charge is -2.11. The highest BCUT2D eigenvalue weighted by Gasteiger charge is 2.08. The molecular formula is C15H16FNO3. The predicted molar refractivity (Wildman–Crippen MR) is 74.9 cm³/mol. The van der Waals surface area contributed by atoms with Gasteiger partial charge in [0.15, 0.2) is 23.1 Å². The van der Waals surface area contributed by atoms with Crippen molar-refractivity contribution in [3.63, 3.8) is 0 Å². The SMILES string of the molecule is COc1ccc(NCc2cccc(OC)c2O)cc1F. The maximum Gasteiger partial charge on any atom is 0.167 e. The van der Waals surface area contributed by atoms with Crippen LogP contribution in [0.3, 0.4) is 0 Å². The van der Waals surface area contributed by atoms with Gasteiger partial charge in [0.1, 0.15) is 0 Å². The number of phenols is 1. The van der Waals surface area contributed by atoms with Gasteiger partial charge in [0.2, 0.25) is 0 Å². The monoisotopic (exact) mass is 277 g/mol. The first-order valence-corrected chi connectivity index (χ1v) is 6.08. The Bertz CT molecular complexity index is 602. The summed E-state index contributed by atoms with van der Waals surface area (Å²) in [7, 11) is 2.91. The van der Waals surface area contributed by atoms with Crippen LogP contribution in [0.4, 0.5) is 10.1 Å². The van der Waals surface area contributed by atoms with Gasteiger partial charge in [-0.3, -0.25) is 0 Å². The number of rotatable bonds is 5. The highest BCUT2D eigenvalue weighted by molar-refractivity contribution is 5.50. The molecule has 20 heavy (non-hydrogen) atoms. The van der Waals surface area contributed by atoms with Crippen molar-refractivity contribution >= 4 is 5.69 Å². The van der Waals surface area contributed by atoms with Crippen molar-refractivity contribution in [2.45, 2.75) is 6.54 Å². The van der Waals surface area contributed by atoms with E-state index in [2.05, 4.69) is 5.32 Å². The Labute approximate surface area is 116 Å². The van der Waals surface area contributed by atoms with E-state index in [9.17, 15) is 9.50 Å². The van der Waals surface area contributed by atoms with E-state index < -0.39 is 5.82 Å². The number of nitrogens with one attached hydrogen (secondary N) is 1. The third-order valence-corrected chi connectivity index (χ3v) is 2.94. The second kappa shape index (κ2) is 6.14. The maximum absolute atomic E-state index is 13.5. The minimum atomic E-state index is -0.438. The van der Waals surface area contributed by atoms with Gasteiger partial charge in [-0.1, -0.05) is 12.1 Å². The van der Waals surface area contributed by atoms with E-state index in [4.69, 9.17) is 9.47 Å². The summed E-state index contributed by atoms with van der Waals surface area (Å²) in [4.78, 5) is 0. The van der Waals surface area contributed by atoms with Crippen molar-refractivity contribution in [2.24, 2.45) is 0 Å². The molecule has 0 fully saturated rings. The Kier molecular flexibility index (Phi) is 4.30. The van der Waals surface area contributed by atoms with Crippen LogP contribution in [-0.4, -0.2) is 19.3 Å². The van der Waals surface area contributed by atoms with Crippen LogP contribution in [0.25, 0.3) is 0 Å².